The first kappa shape index (κ1) is 25.1. The Labute approximate surface area is 188 Å². The number of hydrogen-bond donors (Lipinski definition) is 1. The maximum absolute atomic E-state index is 12.4. The van der Waals surface area contributed by atoms with E-state index < -0.39 is 27.4 Å². The van der Waals surface area contributed by atoms with Crippen LogP contribution in [-0.2, 0) is 21.2 Å². The van der Waals surface area contributed by atoms with Crippen molar-refractivity contribution in [1.82, 2.24) is 5.32 Å². The summed E-state index contributed by atoms with van der Waals surface area (Å²) in [6, 6.07) is 11.6. The van der Waals surface area contributed by atoms with Crippen molar-refractivity contribution in [2.24, 2.45) is 0 Å². The van der Waals surface area contributed by atoms with Gasteiger partial charge in [-0.1, -0.05) is 31.2 Å². The summed E-state index contributed by atoms with van der Waals surface area (Å²) in [6.45, 7) is 4.19. The molecule has 0 radical (unpaired) electrons. The van der Waals surface area contributed by atoms with Gasteiger partial charge in [-0.25, -0.2) is 8.42 Å². The van der Waals surface area contributed by atoms with E-state index in [9.17, 15) is 23.3 Å². The summed E-state index contributed by atoms with van der Waals surface area (Å²) in [5.74, 6) is 0.335. The summed E-state index contributed by atoms with van der Waals surface area (Å²) in [6.07, 6.45) is 3.21. The lowest BCUT2D eigenvalue weighted by Crippen LogP contribution is -2.41. The van der Waals surface area contributed by atoms with Gasteiger partial charge in [0, 0.05) is 18.7 Å². The largest absolute Gasteiger partial charge is 0.493 e. The van der Waals surface area contributed by atoms with Crippen molar-refractivity contribution in [3.8, 4) is 5.75 Å². The molecule has 0 bridgehead atoms. The van der Waals surface area contributed by atoms with Gasteiger partial charge < -0.3 is 10.1 Å². The number of rotatable bonds is 12. The maximum atomic E-state index is 12.4. The fraction of sp³-hybridized carbons (Fsp3) is 0.409. The molecule has 0 aromatic heterocycles. The van der Waals surface area contributed by atoms with Gasteiger partial charge >= 0.3 is 0 Å². The van der Waals surface area contributed by atoms with Crippen LogP contribution in [-0.4, -0.2) is 45.2 Å². The van der Waals surface area contributed by atoms with Crippen molar-refractivity contribution in [1.29, 1.82) is 0 Å². The van der Waals surface area contributed by atoms with Crippen LogP contribution in [0.15, 0.2) is 42.5 Å². The Morgan fingerprint density at radius 1 is 1.22 bits per heavy atom. The lowest BCUT2D eigenvalue weighted by atomic mass is 10.1. The van der Waals surface area contributed by atoms with Gasteiger partial charge in [0.1, 0.15) is 12.3 Å². The van der Waals surface area contributed by atoms with E-state index in [2.05, 4.69) is 5.32 Å². The molecule has 0 atom stereocenters. The van der Waals surface area contributed by atoms with Gasteiger partial charge in [-0.05, 0) is 43.4 Å². The highest BCUT2D eigenvalue weighted by atomic mass is 32.2. The van der Waals surface area contributed by atoms with Crippen LogP contribution < -0.4 is 14.4 Å². The van der Waals surface area contributed by atoms with Crippen molar-refractivity contribution < 1.29 is 22.9 Å². The van der Waals surface area contributed by atoms with Gasteiger partial charge in [0.15, 0.2) is 0 Å². The average Bonchev–Trinajstić information content (AvgIpc) is 2.74. The number of ether oxygens (including phenoxy) is 1. The molecule has 10 heteroatoms. The van der Waals surface area contributed by atoms with Crippen LogP contribution in [0.2, 0.25) is 0 Å². The lowest BCUT2D eigenvalue weighted by Gasteiger charge is -2.23. The van der Waals surface area contributed by atoms with E-state index in [1.165, 1.54) is 12.1 Å². The van der Waals surface area contributed by atoms with Crippen LogP contribution in [0.1, 0.15) is 30.9 Å². The van der Waals surface area contributed by atoms with Crippen LogP contribution in [0.5, 0.6) is 5.75 Å². The van der Waals surface area contributed by atoms with Crippen molar-refractivity contribution >= 4 is 27.3 Å². The van der Waals surface area contributed by atoms with Gasteiger partial charge in [-0.2, -0.15) is 0 Å². The number of carbonyl (C=O) groups is 1. The molecular weight excluding hydrogens is 434 g/mol. The van der Waals surface area contributed by atoms with E-state index in [0.717, 1.165) is 34.4 Å². The molecule has 1 amide bonds. The molecule has 0 unspecified atom stereocenters. The molecule has 0 fully saturated rings. The smallest absolute Gasteiger partial charge is 0.271 e. The average molecular weight is 464 g/mol. The fourth-order valence-corrected chi connectivity index (χ4v) is 4.02. The third kappa shape index (κ3) is 7.23. The molecule has 2 aromatic rings. The van der Waals surface area contributed by atoms with Crippen molar-refractivity contribution in [2.75, 3.05) is 30.3 Å². The zero-order valence-electron chi connectivity index (χ0n) is 18.5. The van der Waals surface area contributed by atoms with E-state index in [1.807, 2.05) is 31.2 Å². The number of para-hydroxylation sites is 1. The Balaban J connectivity index is 2.00. The topological polar surface area (TPSA) is 119 Å². The molecule has 0 aliphatic carbocycles. The van der Waals surface area contributed by atoms with E-state index in [0.29, 0.717) is 31.6 Å². The summed E-state index contributed by atoms with van der Waals surface area (Å²) >= 11 is 0. The van der Waals surface area contributed by atoms with Crippen molar-refractivity contribution in [3.63, 3.8) is 0 Å². The Bertz CT molecular complexity index is 1060. The monoisotopic (exact) mass is 463 g/mol. The predicted octanol–water partition coefficient (Wildman–Crippen LogP) is 3.21. The van der Waals surface area contributed by atoms with Gasteiger partial charge in [0.25, 0.3) is 5.69 Å². The highest BCUT2D eigenvalue weighted by Crippen LogP contribution is 2.27. The van der Waals surface area contributed by atoms with Gasteiger partial charge in [-0.3, -0.25) is 19.2 Å². The Hall–Kier alpha value is -3.14. The Morgan fingerprint density at radius 3 is 2.59 bits per heavy atom. The number of non-ortho nitro benzene ring substituents is 1. The highest BCUT2D eigenvalue weighted by molar-refractivity contribution is 7.92. The van der Waals surface area contributed by atoms with Crippen molar-refractivity contribution in [2.45, 2.75) is 33.1 Å². The van der Waals surface area contributed by atoms with Crippen LogP contribution in [0.25, 0.3) is 0 Å². The third-order valence-corrected chi connectivity index (χ3v) is 5.87. The number of amides is 1. The molecule has 174 valence electrons. The standard InChI is InChI=1S/C22H29N3O6S/c1-4-14-31-21-10-6-5-8-18(21)9-7-13-23-22(26)16-24(32(3,29)30)20-15-19(25(27)28)12-11-17(20)2/h5-6,8,10-12,15H,4,7,9,13-14,16H2,1-3H3,(H,23,26). The number of aryl methyl sites for hydroxylation is 2. The first-order valence-corrected chi connectivity index (χ1v) is 12.2. The number of sulfonamides is 1. The number of carbonyl (C=O) groups excluding carboxylic acids is 1. The summed E-state index contributed by atoms with van der Waals surface area (Å²) in [4.78, 5) is 22.9. The Kier molecular flexibility index (Phi) is 9.01. The number of anilines is 1. The number of hydrogen-bond acceptors (Lipinski definition) is 6. The zero-order chi connectivity index (χ0) is 23.7. The number of nitro benzene ring substituents is 1. The number of nitrogens with zero attached hydrogens (tertiary/aromatic N) is 2. The quantitative estimate of drug-likeness (QED) is 0.293. The Morgan fingerprint density at radius 2 is 1.94 bits per heavy atom. The van der Waals surface area contributed by atoms with E-state index in [-0.39, 0.29) is 11.4 Å². The SMILES string of the molecule is CCCOc1ccccc1CCCNC(=O)CN(c1cc([N+](=O)[O-])ccc1C)S(C)(=O)=O. The second-order valence-electron chi connectivity index (χ2n) is 7.41. The second kappa shape index (κ2) is 11.5. The maximum Gasteiger partial charge on any atom is 0.271 e. The predicted molar refractivity (Wildman–Crippen MR) is 124 cm³/mol. The normalized spacial score (nSPS) is 11.1. The third-order valence-electron chi connectivity index (χ3n) is 4.74. The molecule has 0 spiro atoms. The number of nitrogens with one attached hydrogen (secondary N) is 1. The molecule has 0 aliphatic rings. The highest BCUT2D eigenvalue weighted by Gasteiger charge is 2.24. The summed E-state index contributed by atoms with van der Waals surface area (Å²) in [5, 5.41) is 13.8. The summed E-state index contributed by atoms with van der Waals surface area (Å²) < 4.78 is 31.2. The second-order valence-corrected chi connectivity index (χ2v) is 9.31. The molecule has 9 nitrogen and oxygen atoms in total. The molecule has 1 N–H and O–H groups in total. The van der Waals surface area contributed by atoms with Crippen LogP contribution in [0.3, 0.4) is 0 Å². The summed E-state index contributed by atoms with van der Waals surface area (Å²) in [7, 11) is -3.83. The molecule has 32 heavy (non-hydrogen) atoms. The molecule has 0 aliphatic heterocycles. The van der Waals surface area contributed by atoms with Crippen LogP contribution >= 0.6 is 0 Å². The molecule has 2 rings (SSSR count). The van der Waals surface area contributed by atoms with Crippen molar-refractivity contribution in [3.05, 3.63) is 63.7 Å². The van der Waals surface area contributed by atoms with Gasteiger partial charge in [0.05, 0.1) is 23.5 Å². The van der Waals surface area contributed by atoms with Crippen LogP contribution in [0.4, 0.5) is 11.4 Å². The molecule has 0 saturated heterocycles. The van der Waals surface area contributed by atoms with Crippen LogP contribution in [0, 0.1) is 17.0 Å². The zero-order valence-corrected chi connectivity index (χ0v) is 19.4. The fourth-order valence-electron chi connectivity index (χ4n) is 3.12. The molecular formula is C22H29N3O6S. The molecule has 0 heterocycles. The minimum Gasteiger partial charge on any atom is -0.493 e. The minimum absolute atomic E-state index is 0.110. The number of nitro groups is 1. The van der Waals surface area contributed by atoms with Gasteiger partial charge in [-0.15, -0.1) is 0 Å². The van der Waals surface area contributed by atoms with Gasteiger partial charge in [0.2, 0.25) is 15.9 Å². The van der Waals surface area contributed by atoms with E-state index in [1.54, 1.807) is 6.92 Å². The minimum atomic E-state index is -3.83. The number of benzene rings is 2. The summed E-state index contributed by atoms with van der Waals surface area (Å²) in [5.41, 5.74) is 1.42. The van der Waals surface area contributed by atoms with E-state index >= 15 is 0 Å². The van der Waals surface area contributed by atoms with E-state index in [4.69, 9.17) is 4.74 Å². The molecule has 2 aromatic carbocycles. The first-order chi connectivity index (χ1) is 15.1. The first-order valence-electron chi connectivity index (χ1n) is 10.3. The molecule has 0 saturated carbocycles. The lowest BCUT2D eigenvalue weighted by molar-refractivity contribution is -0.384.